The van der Waals surface area contributed by atoms with Gasteiger partial charge in [-0.3, -0.25) is 4.79 Å². The summed E-state index contributed by atoms with van der Waals surface area (Å²) in [5.74, 6) is 0.0448. The average Bonchev–Trinajstić information content (AvgIpc) is 2.98. The fourth-order valence-corrected chi connectivity index (χ4v) is 2.44. The van der Waals surface area contributed by atoms with Crippen LogP contribution in [0.4, 0.5) is 11.7 Å². The summed E-state index contributed by atoms with van der Waals surface area (Å²) >= 11 is 0. The van der Waals surface area contributed by atoms with E-state index < -0.39 is 0 Å². The van der Waals surface area contributed by atoms with Gasteiger partial charge in [-0.1, -0.05) is 12.1 Å². The number of hydrogen-bond acceptors (Lipinski definition) is 4. The minimum absolute atomic E-state index is 0.0448. The van der Waals surface area contributed by atoms with Crippen molar-refractivity contribution in [3.8, 4) is 0 Å². The second-order valence-electron chi connectivity index (χ2n) is 5.17. The van der Waals surface area contributed by atoms with Crippen molar-refractivity contribution in [3.63, 3.8) is 0 Å². The number of amides is 1. The molecule has 0 atom stereocenters. The van der Waals surface area contributed by atoms with Crippen molar-refractivity contribution in [2.75, 3.05) is 18.4 Å². The van der Waals surface area contributed by atoms with E-state index >= 15 is 0 Å². The second-order valence-corrected chi connectivity index (χ2v) is 5.17. The molecule has 5 nitrogen and oxygen atoms in total. The molecule has 0 spiro atoms. The van der Waals surface area contributed by atoms with Gasteiger partial charge in [0.1, 0.15) is 5.52 Å². The Kier molecular flexibility index (Phi) is 4.28. The quantitative estimate of drug-likeness (QED) is 0.772. The third-order valence-corrected chi connectivity index (χ3v) is 3.73. The van der Waals surface area contributed by atoms with Crippen molar-refractivity contribution in [2.24, 2.45) is 0 Å². The van der Waals surface area contributed by atoms with Gasteiger partial charge in [-0.25, -0.2) is 0 Å². The smallest absolute Gasteiger partial charge is 0.300 e. The minimum atomic E-state index is 0.0448. The molecule has 2 aromatic carbocycles. The molecule has 0 aliphatic heterocycles. The van der Waals surface area contributed by atoms with Crippen LogP contribution in [0.3, 0.4) is 0 Å². The summed E-state index contributed by atoms with van der Waals surface area (Å²) in [6.45, 7) is 5.37. The summed E-state index contributed by atoms with van der Waals surface area (Å²) in [5, 5.41) is 3.11. The first-order chi connectivity index (χ1) is 11.2. The normalized spacial score (nSPS) is 10.7. The molecule has 1 aromatic heterocycles. The molecular weight excluding hydrogens is 290 g/mol. The Bertz CT molecular complexity index is 772. The van der Waals surface area contributed by atoms with Crippen molar-refractivity contribution in [1.82, 2.24) is 9.88 Å². The number of fused-ring (bicyclic) bond motifs is 1. The predicted octanol–water partition coefficient (Wildman–Crippen LogP) is 4.05. The third-order valence-electron chi connectivity index (χ3n) is 3.73. The Balaban J connectivity index is 1.75. The molecule has 0 unspecified atom stereocenters. The number of aromatic nitrogens is 1. The van der Waals surface area contributed by atoms with Crippen LogP contribution in [-0.2, 0) is 0 Å². The first kappa shape index (κ1) is 15.1. The van der Waals surface area contributed by atoms with Crippen LogP contribution in [0.15, 0.2) is 52.9 Å². The maximum atomic E-state index is 12.3. The zero-order valence-electron chi connectivity index (χ0n) is 13.2. The van der Waals surface area contributed by atoms with E-state index in [-0.39, 0.29) is 5.91 Å². The highest BCUT2D eigenvalue weighted by atomic mass is 16.4. The lowest BCUT2D eigenvalue weighted by atomic mass is 10.2. The molecule has 118 valence electrons. The van der Waals surface area contributed by atoms with Gasteiger partial charge in [-0.05, 0) is 50.2 Å². The van der Waals surface area contributed by atoms with Crippen molar-refractivity contribution in [2.45, 2.75) is 13.8 Å². The van der Waals surface area contributed by atoms with Crippen LogP contribution in [-0.4, -0.2) is 28.9 Å². The highest BCUT2D eigenvalue weighted by molar-refractivity contribution is 5.94. The van der Waals surface area contributed by atoms with Crippen molar-refractivity contribution >= 4 is 28.7 Å². The highest BCUT2D eigenvalue weighted by Gasteiger charge is 2.12. The van der Waals surface area contributed by atoms with E-state index in [2.05, 4.69) is 10.3 Å². The molecule has 23 heavy (non-hydrogen) atoms. The Labute approximate surface area is 134 Å². The minimum Gasteiger partial charge on any atom is -0.423 e. The van der Waals surface area contributed by atoms with E-state index in [1.807, 2.05) is 62.4 Å². The van der Waals surface area contributed by atoms with Crippen LogP contribution in [0, 0.1) is 0 Å². The molecule has 1 heterocycles. The molecule has 0 saturated carbocycles. The first-order valence-electron chi connectivity index (χ1n) is 7.73. The van der Waals surface area contributed by atoms with E-state index in [1.165, 1.54) is 0 Å². The van der Waals surface area contributed by atoms with Crippen LogP contribution < -0.4 is 5.32 Å². The molecule has 5 heteroatoms. The number of oxazole rings is 1. The second kappa shape index (κ2) is 6.52. The van der Waals surface area contributed by atoms with Crippen LogP contribution >= 0.6 is 0 Å². The molecule has 0 saturated heterocycles. The van der Waals surface area contributed by atoms with E-state index in [0.717, 1.165) is 16.8 Å². The Morgan fingerprint density at radius 3 is 2.43 bits per heavy atom. The summed E-state index contributed by atoms with van der Waals surface area (Å²) in [6, 6.07) is 15.4. The lowest BCUT2D eigenvalue weighted by molar-refractivity contribution is 0.0773. The monoisotopic (exact) mass is 309 g/mol. The summed E-state index contributed by atoms with van der Waals surface area (Å²) in [7, 11) is 0. The van der Waals surface area contributed by atoms with E-state index in [0.29, 0.717) is 24.7 Å². The van der Waals surface area contributed by atoms with Gasteiger partial charge in [0.05, 0.1) is 0 Å². The molecule has 3 aromatic rings. The maximum Gasteiger partial charge on any atom is 0.300 e. The number of nitrogens with one attached hydrogen (secondary N) is 1. The molecule has 0 fully saturated rings. The topological polar surface area (TPSA) is 58.4 Å². The average molecular weight is 309 g/mol. The molecular formula is C18H19N3O2. The van der Waals surface area contributed by atoms with E-state index in [4.69, 9.17) is 4.42 Å². The van der Waals surface area contributed by atoms with Gasteiger partial charge in [-0.2, -0.15) is 4.98 Å². The first-order valence-corrected chi connectivity index (χ1v) is 7.73. The zero-order valence-corrected chi connectivity index (χ0v) is 13.2. The number of anilines is 2. The summed E-state index contributed by atoms with van der Waals surface area (Å²) in [6.07, 6.45) is 0. The summed E-state index contributed by atoms with van der Waals surface area (Å²) < 4.78 is 5.63. The Hall–Kier alpha value is -2.82. The van der Waals surface area contributed by atoms with Crippen LogP contribution in [0.1, 0.15) is 24.2 Å². The van der Waals surface area contributed by atoms with Gasteiger partial charge in [0.2, 0.25) is 0 Å². The van der Waals surface area contributed by atoms with Crippen molar-refractivity contribution in [3.05, 3.63) is 54.1 Å². The fourth-order valence-electron chi connectivity index (χ4n) is 2.44. The van der Waals surface area contributed by atoms with E-state index in [1.54, 1.807) is 4.90 Å². The van der Waals surface area contributed by atoms with Gasteiger partial charge in [0.25, 0.3) is 11.9 Å². The third kappa shape index (κ3) is 3.18. The van der Waals surface area contributed by atoms with Crippen LogP contribution in [0.2, 0.25) is 0 Å². The number of carbonyl (C=O) groups is 1. The standard InChI is InChI=1S/C18H19N3O2/c1-3-21(4-2)17(22)13-9-11-14(12-10-13)19-18-20-15-7-5-6-8-16(15)23-18/h5-12H,3-4H2,1-2H3,(H,19,20). The summed E-state index contributed by atoms with van der Waals surface area (Å²) in [5.41, 5.74) is 3.05. The van der Waals surface area contributed by atoms with Gasteiger partial charge in [0, 0.05) is 24.3 Å². The molecule has 1 N–H and O–H groups in total. The van der Waals surface area contributed by atoms with Crippen LogP contribution in [0.5, 0.6) is 0 Å². The Morgan fingerprint density at radius 2 is 1.78 bits per heavy atom. The van der Waals surface area contributed by atoms with Gasteiger partial charge in [0.15, 0.2) is 5.58 Å². The zero-order chi connectivity index (χ0) is 16.2. The largest absolute Gasteiger partial charge is 0.423 e. The molecule has 0 aliphatic rings. The lowest BCUT2D eigenvalue weighted by Gasteiger charge is -2.18. The number of hydrogen-bond donors (Lipinski definition) is 1. The SMILES string of the molecule is CCN(CC)C(=O)c1ccc(Nc2nc3ccccc3o2)cc1. The molecule has 0 aliphatic carbocycles. The molecule has 3 rings (SSSR count). The fraction of sp³-hybridized carbons (Fsp3) is 0.222. The van der Waals surface area contributed by atoms with Crippen LogP contribution in [0.25, 0.3) is 11.1 Å². The molecule has 1 amide bonds. The van der Waals surface area contributed by atoms with E-state index in [9.17, 15) is 4.79 Å². The number of carbonyl (C=O) groups excluding carboxylic acids is 1. The maximum absolute atomic E-state index is 12.3. The molecule has 0 radical (unpaired) electrons. The number of rotatable bonds is 5. The Morgan fingerprint density at radius 1 is 1.09 bits per heavy atom. The number of nitrogens with zero attached hydrogens (tertiary/aromatic N) is 2. The van der Waals surface area contributed by atoms with Gasteiger partial charge in [-0.15, -0.1) is 0 Å². The highest BCUT2D eigenvalue weighted by Crippen LogP contribution is 2.22. The predicted molar refractivity (Wildman–Crippen MR) is 91.0 cm³/mol. The molecule has 0 bridgehead atoms. The number of benzene rings is 2. The summed E-state index contributed by atoms with van der Waals surface area (Å²) in [4.78, 5) is 18.4. The van der Waals surface area contributed by atoms with Crippen molar-refractivity contribution in [1.29, 1.82) is 0 Å². The van der Waals surface area contributed by atoms with Gasteiger partial charge >= 0.3 is 0 Å². The van der Waals surface area contributed by atoms with Gasteiger partial charge < -0.3 is 14.6 Å². The van der Waals surface area contributed by atoms with Crippen molar-refractivity contribution < 1.29 is 9.21 Å². The lowest BCUT2D eigenvalue weighted by Crippen LogP contribution is -2.30. The number of para-hydroxylation sites is 2.